The van der Waals surface area contributed by atoms with Gasteiger partial charge in [-0.15, -0.1) is 0 Å². The van der Waals surface area contributed by atoms with E-state index < -0.39 is 25.2 Å². The van der Waals surface area contributed by atoms with Crippen LogP contribution in [-0.2, 0) is 0 Å². The Labute approximate surface area is 120 Å². The minimum Gasteiger partial charge on any atom is -0.395 e. The molecule has 0 aromatic carbocycles. The van der Waals surface area contributed by atoms with Gasteiger partial charge in [0.05, 0.1) is 17.9 Å². The second kappa shape index (κ2) is 7.82. The van der Waals surface area contributed by atoms with Crippen LogP contribution in [0.1, 0.15) is 23.7 Å². The van der Waals surface area contributed by atoms with E-state index in [0.717, 1.165) is 6.42 Å². The van der Waals surface area contributed by atoms with Crippen LogP contribution in [0.25, 0.3) is 0 Å². The van der Waals surface area contributed by atoms with Gasteiger partial charge in [-0.1, -0.05) is 6.92 Å². The number of hydrogen-bond donors (Lipinski definition) is 2. The predicted molar refractivity (Wildman–Crippen MR) is 72.1 cm³/mol. The summed E-state index contributed by atoms with van der Waals surface area (Å²) in [6, 6.07) is 1.54. The topological polar surface area (TPSA) is 65.5 Å². The van der Waals surface area contributed by atoms with Gasteiger partial charge < -0.3 is 15.3 Å². The molecule has 0 aliphatic carbocycles. The van der Waals surface area contributed by atoms with Crippen molar-refractivity contribution in [2.24, 2.45) is 0 Å². The fraction of sp³-hybridized carbons (Fsp3) is 0.538. The molecule has 21 heavy (non-hydrogen) atoms. The van der Waals surface area contributed by atoms with Gasteiger partial charge in [0, 0.05) is 25.5 Å². The van der Waals surface area contributed by atoms with E-state index in [4.69, 9.17) is 5.11 Å². The van der Waals surface area contributed by atoms with Gasteiger partial charge in [0.25, 0.3) is 5.91 Å². The SMILES string of the molecule is CCCNc1ccncc1C(=O)N(CCO)CC(F)(F)F. The molecule has 0 saturated carbocycles. The minimum atomic E-state index is -4.52. The Balaban J connectivity index is 2.97. The first-order chi connectivity index (χ1) is 9.89. The second-order valence-electron chi connectivity index (χ2n) is 4.41. The summed E-state index contributed by atoms with van der Waals surface area (Å²) in [7, 11) is 0. The number of aliphatic hydroxyl groups is 1. The van der Waals surface area contributed by atoms with Crippen LogP contribution in [0.3, 0.4) is 0 Å². The average Bonchev–Trinajstić information content (AvgIpc) is 2.43. The van der Waals surface area contributed by atoms with E-state index in [1.54, 1.807) is 0 Å². The highest BCUT2D eigenvalue weighted by Crippen LogP contribution is 2.21. The Morgan fingerprint density at radius 2 is 2.19 bits per heavy atom. The normalized spacial score (nSPS) is 11.3. The fourth-order valence-corrected chi connectivity index (χ4v) is 1.74. The predicted octanol–water partition coefficient (Wildman–Crippen LogP) is 1.90. The van der Waals surface area contributed by atoms with E-state index in [9.17, 15) is 18.0 Å². The van der Waals surface area contributed by atoms with Crippen LogP contribution in [0.5, 0.6) is 0 Å². The zero-order valence-corrected chi connectivity index (χ0v) is 11.7. The molecule has 1 amide bonds. The number of anilines is 1. The van der Waals surface area contributed by atoms with Crippen molar-refractivity contribution in [1.82, 2.24) is 9.88 Å². The van der Waals surface area contributed by atoms with Crippen molar-refractivity contribution >= 4 is 11.6 Å². The molecular formula is C13H18F3N3O2. The highest BCUT2D eigenvalue weighted by molar-refractivity contribution is 5.99. The summed E-state index contributed by atoms with van der Waals surface area (Å²) in [4.78, 5) is 16.6. The summed E-state index contributed by atoms with van der Waals surface area (Å²) < 4.78 is 37.5. The van der Waals surface area contributed by atoms with Gasteiger partial charge >= 0.3 is 6.18 Å². The Morgan fingerprint density at radius 1 is 1.48 bits per heavy atom. The zero-order valence-electron chi connectivity index (χ0n) is 11.7. The Hall–Kier alpha value is -1.83. The molecule has 0 bridgehead atoms. The van der Waals surface area contributed by atoms with Gasteiger partial charge in [0.15, 0.2) is 0 Å². The number of rotatable bonds is 7. The number of nitrogens with one attached hydrogen (secondary N) is 1. The van der Waals surface area contributed by atoms with E-state index in [-0.39, 0.29) is 12.1 Å². The van der Waals surface area contributed by atoms with Crippen LogP contribution in [0.4, 0.5) is 18.9 Å². The number of alkyl halides is 3. The van der Waals surface area contributed by atoms with Crippen LogP contribution in [-0.4, -0.2) is 53.3 Å². The number of hydrogen-bond acceptors (Lipinski definition) is 4. The van der Waals surface area contributed by atoms with E-state index in [0.29, 0.717) is 17.1 Å². The molecule has 8 heteroatoms. The van der Waals surface area contributed by atoms with Gasteiger partial charge in [-0.25, -0.2) is 0 Å². The number of carbonyl (C=O) groups excluding carboxylic acids is 1. The van der Waals surface area contributed by atoms with Crippen molar-refractivity contribution in [2.45, 2.75) is 19.5 Å². The number of nitrogens with zero attached hydrogens (tertiary/aromatic N) is 2. The summed E-state index contributed by atoms with van der Waals surface area (Å²) >= 11 is 0. The summed E-state index contributed by atoms with van der Waals surface area (Å²) in [6.45, 7) is 0.176. The quantitative estimate of drug-likeness (QED) is 0.807. The van der Waals surface area contributed by atoms with Crippen molar-refractivity contribution < 1.29 is 23.1 Å². The lowest BCUT2D eigenvalue weighted by atomic mass is 10.2. The molecule has 118 valence electrons. The Morgan fingerprint density at radius 3 is 2.76 bits per heavy atom. The molecule has 0 fully saturated rings. The van der Waals surface area contributed by atoms with E-state index >= 15 is 0 Å². The molecule has 1 rings (SSSR count). The smallest absolute Gasteiger partial charge is 0.395 e. The number of carbonyl (C=O) groups is 1. The highest BCUT2D eigenvalue weighted by atomic mass is 19.4. The van der Waals surface area contributed by atoms with Crippen molar-refractivity contribution in [3.63, 3.8) is 0 Å². The maximum Gasteiger partial charge on any atom is 0.406 e. The Kier molecular flexibility index (Phi) is 6.41. The van der Waals surface area contributed by atoms with Gasteiger partial charge in [0.2, 0.25) is 0 Å². The van der Waals surface area contributed by atoms with E-state index in [2.05, 4.69) is 10.3 Å². The summed E-state index contributed by atoms with van der Waals surface area (Å²) in [5, 5.41) is 11.8. The van der Waals surface area contributed by atoms with Gasteiger partial charge in [-0.2, -0.15) is 13.2 Å². The van der Waals surface area contributed by atoms with Crippen molar-refractivity contribution in [2.75, 3.05) is 31.6 Å². The van der Waals surface area contributed by atoms with Crippen LogP contribution >= 0.6 is 0 Å². The van der Waals surface area contributed by atoms with Crippen molar-refractivity contribution in [3.8, 4) is 0 Å². The molecule has 1 aromatic heterocycles. The number of pyridine rings is 1. The molecule has 5 nitrogen and oxygen atoms in total. The summed E-state index contributed by atoms with van der Waals surface area (Å²) in [5.41, 5.74) is 0.491. The number of aromatic nitrogens is 1. The third-order valence-corrected chi connectivity index (χ3v) is 2.64. The number of aliphatic hydroxyl groups excluding tert-OH is 1. The average molecular weight is 305 g/mol. The Bertz CT molecular complexity index is 466. The molecule has 0 radical (unpaired) electrons. The third kappa shape index (κ3) is 5.58. The maximum atomic E-state index is 12.5. The lowest BCUT2D eigenvalue weighted by molar-refractivity contribution is -0.141. The van der Waals surface area contributed by atoms with Crippen LogP contribution in [0.2, 0.25) is 0 Å². The lowest BCUT2D eigenvalue weighted by Gasteiger charge is -2.24. The monoisotopic (exact) mass is 305 g/mol. The first-order valence-corrected chi connectivity index (χ1v) is 6.53. The molecule has 0 aliphatic heterocycles. The van der Waals surface area contributed by atoms with Crippen LogP contribution in [0.15, 0.2) is 18.5 Å². The first-order valence-electron chi connectivity index (χ1n) is 6.53. The lowest BCUT2D eigenvalue weighted by Crippen LogP contribution is -2.41. The van der Waals surface area contributed by atoms with Gasteiger partial charge in [0.1, 0.15) is 6.54 Å². The molecule has 2 N–H and O–H groups in total. The van der Waals surface area contributed by atoms with Crippen LogP contribution in [0, 0.1) is 0 Å². The van der Waals surface area contributed by atoms with Crippen LogP contribution < -0.4 is 5.32 Å². The van der Waals surface area contributed by atoms with Crippen molar-refractivity contribution in [3.05, 3.63) is 24.0 Å². The molecule has 0 atom stereocenters. The zero-order chi connectivity index (χ0) is 15.9. The van der Waals surface area contributed by atoms with E-state index in [1.807, 2.05) is 6.92 Å². The molecule has 0 saturated heterocycles. The number of halogens is 3. The fourth-order valence-electron chi connectivity index (χ4n) is 1.74. The molecular weight excluding hydrogens is 287 g/mol. The first kappa shape index (κ1) is 17.2. The maximum absolute atomic E-state index is 12.5. The number of amides is 1. The molecule has 0 unspecified atom stereocenters. The van der Waals surface area contributed by atoms with Gasteiger partial charge in [-0.3, -0.25) is 9.78 Å². The summed E-state index contributed by atoms with van der Waals surface area (Å²) in [5.74, 6) is -0.812. The standard InChI is InChI=1S/C13H18F3N3O2/c1-2-4-18-11-3-5-17-8-10(11)12(21)19(6-7-20)9-13(14,15)16/h3,5,8,20H,2,4,6-7,9H2,1H3,(H,17,18). The van der Waals surface area contributed by atoms with E-state index in [1.165, 1.54) is 18.5 Å². The second-order valence-corrected chi connectivity index (χ2v) is 4.41. The highest BCUT2D eigenvalue weighted by Gasteiger charge is 2.33. The minimum absolute atomic E-state index is 0.0589. The molecule has 1 heterocycles. The third-order valence-electron chi connectivity index (χ3n) is 2.64. The summed E-state index contributed by atoms with van der Waals surface area (Å²) in [6.07, 6.45) is -1.04. The molecule has 1 aromatic rings. The van der Waals surface area contributed by atoms with Gasteiger partial charge in [-0.05, 0) is 12.5 Å². The molecule has 0 aliphatic rings. The largest absolute Gasteiger partial charge is 0.406 e. The molecule has 0 spiro atoms. The van der Waals surface area contributed by atoms with Crippen molar-refractivity contribution in [1.29, 1.82) is 0 Å².